The van der Waals surface area contributed by atoms with Crippen LogP contribution in [0.4, 0.5) is 5.69 Å². The van der Waals surface area contributed by atoms with Crippen LogP contribution in [0.25, 0.3) is 0 Å². The van der Waals surface area contributed by atoms with Gasteiger partial charge in [0.15, 0.2) is 6.10 Å². The van der Waals surface area contributed by atoms with Crippen molar-refractivity contribution in [3.8, 4) is 5.75 Å². The molecule has 1 saturated carbocycles. The lowest BCUT2D eigenvalue weighted by molar-refractivity contribution is -0.122. The second-order valence-electron chi connectivity index (χ2n) is 7.49. The zero-order chi connectivity index (χ0) is 19.7. The van der Waals surface area contributed by atoms with Crippen LogP contribution < -0.4 is 9.64 Å². The van der Waals surface area contributed by atoms with Crippen molar-refractivity contribution in [2.45, 2.75) is 38.7 Å². The van der Waals surface area contributed by atoms with Crippen LogP contribution >= 0.6 is 0 Å². The first-order chi connectivity index (χ1) is 13.6. The second kappa shape index (κ2) is 7.58. The van der Waals surface area contributed by atoms with E-state index in [2.05, 4.69) is 0 Å². The van der Waals surface area contributed by atoms with Crippen molar-refractivity contribution in [1.82, 2.24) is 0 Å². The normalized spacial score (nSPS) is 22.7. The van der Waals surface area contributed by atoms with E-state index < -0.39 is 6.10 Å². The molecule has 5 heteroatoms. The molecule has 1 aliphatic heterocycles. The van der Waals surface area contributed by atoms with Gasteiger partial charge in [0.25, 0.3) is 0 Å². The Morgan fingerprint density at radius 1 is 0.929 bits per heavy atom. The lowest BCUT2D eigenvalue weighted by Gasteiger charge is -2.19. The number of rotatable bonds is 5. The summed E-state index contributed by atoms with van der Waals surface area (Å²) in [6.07, 6.45) is 2.98. The predicted molar refractivity (Wildman–Crippen MR) is 105 cm³/mol. The molecule has 0 N–H and O–H groups in total. The number of carbonyl (C=O) groups is 3. The molecule has 2 fully saturated rings. The molecule has 2 aromatic carbocycles. The summed E-state index contributed by atoms with van der Waals surface area (Å²) >= 11 is 0. The standard InChI is InChI=1S/C23H23NO4/c1-15(21(25)16-7-3-2-4-8-16)28-18-13-11-17(12-14-18)24-22(26)19-9-5-6-10-20(19)23(24)27/h2-4,7-8,11-15,19-20H,5-6,9-10H2,1H3/t15-,19+,20+/m0/s1. The van der Waals surface area contributed by atoms with Crippen molar-refractivity contribution in [3.05, 3.63) is 60.2 Å². The van der Waals surface area contributed by atoms with Crippen molar-refractivity contribution in [3.63, 3.8) is 0 Å². The van der Waals surface area contributed by atoms with E-state index in [-0.39, 0.29) is 29.4 Å². The number of carbonyl (C=O) groups excluding carboxylic acids is 3. The van der Waals surface area contributed by atoms with Crippen molar-refractivity contribution in [2.24, 2.45) is 11.8 Å². The molecule has 1 saturated heterocycles. The van der Waals surface area contributed by atoms with Gasteiger partial charge in [0.05, 0.1) is 17.5 Å². The smallest absolute Gasteiger partial charge is 0.237 e. The van der Waals surface area contributed by atoms with Crippen LogP contribution in [0.2, 0.25) is 0 Å². The summed E-state index contributed by atoms with van der Waals surface area (Å²) in [6.45, 7) is 1.71. The largest absolute Gasteiger partial charge is 0.483 e. The molecule has 0 aromatic heterocycles. The molecule has 0 unspecified atom stereocenters. The number of imide groups is 1. The fraction of sp³-hybridized carbons (Fsp3) is 0.348. The molecule has 1 aliphatic carbocycles. The van der Waals surface area contributed by atoms with Crippen LogP contribution in [0.1, 0.15) is 43.0 Å². The number of fused-ring (bicyclic) bond motifs is 1. The molecule has 5 nitrogen and oxygen atoms in total. The Morgan fingerprint density at radius 2 is 1.50 bits per heavy atom. The average Bonchev–Trinajstić information content (AvgIpc) is 2.99. The summed E-state index contributed by atoms with van der Waals surface area (Å²) in [6, 6.07) is 15.8. The molecule has 2 aliphatic rings. The Morgan fingerprint density at radius 3 is 2.07 bits per heavy atom. The third-order valence-corrected chi connectivity index (χ3v) is 5.68. The molecule has 0 bridgehead atoms. The fourth-order valence-corrected chi connectivity index (χ4v) is 4.19. The Balaban J connectivity index is 1.46. The zero-order valence-corrected chi connectivity index (χ0v) is 15.8. The van der Waals surface area contributed by atoms with Gasteiger partial charge in [-0.3, -0.25) is 19.3 Å². The van der Waals surface area contributed by atoms with Crippen LogP contribution in [0.3, 0.4) is 0 Å². The average molecular weight is 377 g/mol. The highest BCUT2D eigenvalue weighted by Gasteiger charge is 2.48. The van der Waals surface area contributed by atoms with Crippen molar-refractivity contribution in [2.75, 3.05) is 4.90 Å². The second-order valence-corrected chi connectivity index (χ2v) is 7.49. The molecule has 0 radical (unpaired) electrons. The van der Waals surface area contributed by atoms with E-state index in [0.29, 0.717) is 17.0 Å². The Bertz CT molecular complexity index is 867. The molecular formula is C23H23NO4. The Labute approximate surface area is 164 Å². The maximum atomic E-state index is 12.7. The molecule has 144 valence electrons. The van der Waals surface area contributed by atoms with Crippen molar-refractivity contribution >= 4 is 23.3 Å². The van der Waals surface area contributed by atoms with Gasteiger partial charge in [-0.25, -0.2) is 0 Å². The fourth-order valence-electron chi connectivity index (χ4n) is 4.19. The zero-order valence-electron chi connectivity index (χ0n) is 15.8. The summed E-state index contributed by atoms with van der Waals surface area (Å²) in [5.41, 5.74) is 1.17. The van der Waals surface area contributed by atoms with Crippen LogP contribution in [0, 0.1) is 11.8 Å². The van der Waals surface area contributed by atoms with Gasteiger partial charge in [-0.15, -0.1) is 0 Å². The van der Waals surface area contributed by atoms with Gasteiger partial charge in [-0.2, -0.15) is 0 Å². The summed E-state index contributed by atoms with van der Waals surface area (Å²) < 4.78 is 5.76. The summed E-state index contributed by atoms with van der Waals surface area (Å²) in [4.78, 5) is 39.1. The number of anilines is 1. The number of benzene rings is 2. The van der Waals surface area contributed by atoms with Gasteiger partial charge in [-0.05, 0) is 44.0 Å². The maximum absolute atomic E-state index is 12.7. The molecule has 2 amide bonds. The van der Waals surface area contributed by atoms with Crippen LogP contribution in [-0.4, -0.2) is 23.7 Å². The summed E-state index contributed by atoms with van der Waals surface area (Å²) in [7, 11) is 0. The van der Waals surface area contributed by atoms with Crippen molar-refractivity contribution in [1.29, 1.82) is 0 Å². The van der Waals surface area contributed by atoms with E-state index in [0.717, 1.165) is 25.7 Å². The molecule has 28 heavy (non-hydrogen) atoms. The Hall–Kier alpha value is -2.95. The summed E-state index contributed by atoms with van der Waals surface area (Å²) in [5.74, 6) is -0.0796. The highest BCUT2D eigenvalue weighted by atomic mass is 16.5. The first kappa shape index (κ1) is 18.4. The predicted octanol–water partition coefficient (Wildman–Crippen LogP) is 4.02. The SMILES string of the molecule is C[C@H](Oc1ccc(N2C(=O)[C@@H]3CCCC[C@H]3C2=O)cc1)C(=O)c1ccccc1. The number of ketones is 1. The van der Waals surface area contributed by atoms with Crippen LogP contribution in [0.15, 0.2) is 54.6 Å². The highest BCUT2D eigenvalue weighted by Crippen LogP contribution is 2.40. The minimum absolute atomic E-state index is 0.0870. The summed E-state index contributed by atoms with van der Waals surface area (Å²) in [5, 5.41) is 0. The molecule has 1 heterocycles. The van der Waals surface area contributed by atoms with E-state index in [9.17, 15) is 14.4 Å². The van der Waals surface area contributed by atoms with E-state index in [4.69, 9.17) is 4.74 Å². The van der Waals surface area contributed by atoms with E-state index >= 15 is 0 Å². The van der Waals surface area contributed by atoms with Gasteiger partial charge in [0.1, 0.15) is 5.75 Å². The minimum atomic E-state index is -0.633. The Kier molecular flexibility index (Phi) is 4.99. The number of hydrogen-bond donors (Lipinski definition) is 0. The first-order valence-corrected chi connectivity index (χ1v) is 9.80. The van der Waals surface area contributed by atoms with E-state index in [1.54, 1.807) is 43.3 Å². The van der Waals surface area contributed by atoms with Gasteiger partial charge >= 0.3 is 0 Å². The highest BCUT2D eigenvalue weighted by molar-refractivity contribution is 6.22. The molecule has 2 aromatic rings. The van der Waals surface area contributed by atoms with Crippen molar-refractivity contribution < 1.29 is 19.1 Å². The minimum Gasteiger partial charge on any atom is -0.483 e. The van der Waals surface area contributed by atoms with E-state index in [1.165, 1.54) is 4.90 Å². The quantitative estimate of drug-likeness (QED) is 0.583. The van der Waals surface area contributed by atoms with Gasteiger partial charge in [-0.1, -0.05) is 43.2 Å². The third-order valence-electron chi connectivity index (χ3n) is 5.68. The number of amides is 2. The lowest BCUT2D eigenvalue weighted by atomic mass is 9.81. The molecule has 3 atom stereocenters. The number of hydrogen-bond acceptors (Lipinski definition) is 4. The number of nitrogens with zero attached hydrogens (tertiary/aromatic N) is 1. The molecule has 0 spiro atoms. The number of ether oxygens (including phenoxy) is 1. The van der Waals surface area contributed by atoms with Gasteiger partial charge in [0.2, 0.25) is 17.6 Å². The maximum Gasteiger partial charge on any atom is 0.237 e. The first-order valence-electron chi connectivity index (χ1n) is 9.80. The topological polar surface area (TPSA) is 63.7 Å². The number of Topliss-reactive ketones (excluding diaryl/α,β-unsaturated/α-hetero) is 1. The lowest BCUT2D eigenvalue weighted by Crippen LogP contribution is -2.30. The van der Waals surface area contributed by atoms with E-state index in [1.807, 2.05) is 18.2 Å². The monoisotopic (exact) mass is 377 g/mol. The van der Waals surface area contributed by atoms with Gasteiger partial charge in [0, 0.05) is 5.56 Å². The molecular weight excluding hydrogens is 354 g/mol. The molecule has 4 rings (SSSR count). The third kappa shape index (κ3) is 3.33. The van der Waals surface area contributed by atoms with Crippen LogP contribution in [-0.2, 0) is 9.59 Å². The van der Waals surface area contributed by atoms with Gasteiger partial charge < -0.3 is 4.74 Å². The van der Waals surface area contributed by atoms with Crippen LogP contribution in [0.5, 0.6) is 5.75 Å².